The zero-order chi connectivity index (χ0) is 14.1. The van der Waals surface area contributed by atoms with Crippen LogP contribution in [-0.2, 0) is 0 Å². The predicted octanol–water partition coefficient (Wildman–Crippen LogP) is 4.90. The second kappa shape index (κ2) is 6.07. The van der Waals surface area contributed by atoms with E-state index in [0.29, 0.717) is 22.5 Å². The first kappa shape index (κ1) is 14.4. The van der Waals surface area contributed by atoms with Gasteiger partial charge in [0.25, 0.3) is 5.91 Å². The Morgan fingerprint density at radius 3 is 2.65 bits per heavy atom. The molecular weight excluding hydrogens is 338 g/mol. The van der Waals surface area contributed by atoms with Gasteiger partial charge in [0.05, 0.1) is 5.02 Å². The van der Waals surface area contributed by atoms with Gasteiger partial charge in [-0.3, -0.25) is 4.79 Å². The van der Waals surface area contributed by atoms with Crippen molar-refractivity contribution in [1.29, 1.82) is 0 Å². The fourth-order valence-electron chi connectivity index (χ4n) is 3.67. The summed E-state index contributed by atoms with van der Waals surface area (Å²) >= 11 is 9.48. The summed E-state index contributed by atoms with van der Waals surface area (Å²) in [5.74, 6) is 0.862. The maximum absolute atomic E-state index is 12.7. The Labute approximate surface area is 133 Å². The monoisotopic (exact) mass is 355 g/mol. The van der Waals surface area contributed by atoms with Gasteiger partial charge < -0.3 is 4.90 Å². The Morgan fingerprint density at radius 1 is 1.20 bits per heavy atom. The third-order valence-corrected chi connectivity index (χ3v) is 5.90. The molecule has 2 aliphatic rings. The van der Waals surface area contributed by atoms with E-state index in [0.717, 1.165) is 17.4 Å². The summed E-state index contributed by atoms with van der Waals surface area (Å²) in [5.41, 5.74) is 0.711. The van der Waals surface area contributed by atoms with Crippen LogP contribution in [0.3, 0.4) is 0 Å². The molecular formula is C16H19BrClNO. The van der Waals surface area contributed by atoms with E-state index in [1.165, 1.54) is 32.1 Å². The van der Waals surface area contributed by atoms with Gasteiger partial charge in [0.15, 0.2) is 0 Å². The number of benzene rings is 1. The number of nitrogens with zero attached hydrogens (tertiary/aromatic N) is 1. The average molecular weight is 357 g/mol. The highest BCUT2D eigenvalue weighted by Crippen LogP contribution is 2.36. The van der Waals surface area contributed by atoms with Crippen molar-refractivity contribution in [1.82, 2.24) is 4.90 Å². The number of hydrogen-bond donors (Lipinski definition) is 0. The van der Waals surface area contributed by atoms with E-state index in [-0.39, 0.29) is 5.91 Å². The maximum atomic E-state index is 12.7. The molecule has 0 bridgehead atoms. The number of rotatable bonds is 2. The van der Waals surface area contributed by atoms with Crippen LogP contribution in [0.25, 0.3) is 0 Å². The molecule has 3 rings (SSSR count). The number of halogens is 2. The Kier molecular flexibility index (Phi) is 4.37. The van der Waals surface area contributed by atoms with E-state index in [1.807, 2.05) is 12.1 Å². The van der Waals surface area contributed by atoms with Gasteiger partial charge >= 0.3 is 0 Å². The fraction of sp³-hybridized carbons (Fsp3) is 0.562. The molecule has 1 saturated heterocycles. The van der Waals surface area contributed by atoms with E-state index in [9.17, 15) is 4.79 Å². The second-order valence-corrected chi connectivity index (χ2v) is 7.14. The summed E-state index contributed by atoms with van der Waals surface area (Å²) in [4.78, 5) is 14.8. The summed E-state index contributed by atoms with van der Waals surface area (Å²) in [7, 11) is 0. The lowest BCUT2D eigenvalue weighted by Gasteiger charge is -2.29. The van der Waals surface area contributed by atoms with E-state index in [4.69, 9.17) is 11.6 Å². The van der Waals surface area contributed by atoms with E-state index in [1.54, 1.807) is 6.07 Å². The number of hydrogen-bond acceptors (Lipinski definition) is 1. The summed E-state index contributed by atoms with van der Waals surface area (Å²) in [6, 6.07) is 5.95. The van der Waals surface area contributed by atoms with Crippen LogP contribution in [0.2, 0.25) is 5.02 Å². The van der Waals surface area contributed by atoms with Crippen molar-refractivity contribution in [3.05, 3.63) is 33.3 Å². The van der Waals surface area contributed by atoms with Gasteiger partial charge in [-0.25, -0.2) is 0 Å². The van der Waals surface area contributed by atoms with Crippen LogP contribution in [0, 0.1) is 5.92 Å². The first-order chi connectivity index (χ1) is 9.66. The molecule has 0 aromatic heterocycles. The summed E-state index contributed by atoms with van der Waals surface area (Å²) in [6.07, 6.45) is 7.53. The van der Waals surface area contributed by atoms with Gasteiger partial charge in [-0.2, -0.15) is 0 Å². The molecule has 1 aliphatic heterocycles. The van der Waals surface area contributed by atoms with E-state index >= 15 is 0 Å². The van der Waals surface area contributed by atoms with E-state index in [2.05, 4.69) is 20.8 Å². The van der Waals surface area contributed by atoms with Crippen LogP contribution in [0.4, 0.5) is 0 Å². The smallest absolute Gasteiger partial charge is 0.254 e. The van der Waals surface area contributed by atoms with E-state index < -0.39 is 0 Å². The van der Waals surface area contributed by atoms with Crippen LogP contribution < -0.4 is 0 Å². The van der Waals surface area contributed by atoms with Crippen molar-refractivity contribution in [3.8, 4) is 0 Å². The minimum atomic E-state index is 0.147. The van der Waals surface area contributed by atoms with Gasteiger partial charge in [-0.05, 0) is 65.7 Å². The highest BCUT2D eigenvalue weighted by atomic mass is 79.9. The topological polar surface area (TPSA) is 20.3 Å². The predicted molar refractivity (Wildman–Crippen MR) is 85.2 cm³/mol. The van der Waals surface area contributed by atoms with Crippen molar-refractivity contribution in [2.45, 2.75) is 44.6 Å². The molecule has 1 saturated carbocycles. The molecule has 4 heteroatoms. The zero-order valence-electron chi connectivity index (χ0n) is 11.4. The zero-order valence-corrected chi connectivity index (χ0v) is 13.8. The molecule has 1 aromatic rings. The molecule has 0 radical (unpaired) electrons. The quantitative estimate of drug-likeness (QED) is 0.738. The molecule has 1 heterocycles. The molecule has 1 unspecified atom stereocenters. The molecule has 1 aliphatic carbocycles. The highest BCUT2D eigenvalue weighted by Gasteiger charge is 2.36. The summed E-state index contributed by atoms with van der Waals surface area (Å²) in [5, 5.41) is 0.604. The number of carbonyl (C=O) groups is 1. The second-order valence-electron chi connectivity index (χ2n) is 5.88. The van der Waals surface area contributed by atoms with Crippen LogP contribution in [0.5, 0.6) is 0 Å². The molecule has 108 valence electrons. The van der Waals surface area contributed by atoms with Gasteiger partial charge in [0.2, 0.25) is 0 Å². The Balaban J connectivity index is 1.79. The lowest BCUT2D eigenvalue weighted by atomic mass is 9.95. The molecule has 0 N–H and O–H groups in total. The van der Waals surface area contributed by atoms with Gasteiger partial charge in [0.1, 0.15) is 0 Å². The summed E-state index contributed by atoms with van der Waals surface area (Å²) in [6.45, 7) is 0.897. The SMILES string of the molecule is O=C(c1ccc(Br)c(Cl)c1)N1CCCC1C1CCCC1. The molecule has 1 amide bonds. The van der Waals surface area contributed by atoms with Gasteiger partial charge in [-0.15, -0.1) is 0 Å². The molecule has 2 nitrogen and oxygen atoms in total. The normalized spacial score (nSPS) is 23.5. The van der Waals surface area contributed by atoms with Crippen molar-refractivity contribution in [3.63, 3.8) is 0 Å². The van der Waals surface area contributed by atoms with Crippen LogP contribution in [-0.4, -0.2) is 23.4 Å². The van der Waals surface area contributed by atoms with Crippen LogP contribution in [0.1, 0.15) is 48.9 Å². The third-order valence-electron chi connectivity index (χ3n) is 4.67. The average Bonchev–Trinajstić information content (AvgIpc) is 3.10. The first-order valence-electron chi connectivity index (χ1n) is 7.43. The third kappa shape index (κ3) is 2.75. The number of carbonyl (C=O) groups excluding carboxylic acids is 1. The van der Waals surface area contributed by atoms with Gasteiger partial charge in [0, 0.05) is 22.6 Å². The molecule has 1 aromatic carbocycles. The van der Waals surface area contributed by atoms with Crippen molar-refractivity contribution >= 4 is 33.4 Å². The lowest BCUT2D eigenvalue weighted by Crippen LogP contribution is -2.39. The van der Waals surface area contributed by atoms with Crippen LogP contribution in [0.15, 0.2) is 22.7 Å². The Bertz CT molecular complexity index is 513. The first-order valence-corrected chi connectivity index (χ1v) is 8.60. The van der Waals surface area contributed by atoms with Crippen LogP contribution >= 0.6 is 27.5 Å². The van der Waals surface area contributed by atoms with Gasteiger partial charge in [-0.1, -0.05) is 24.4 Å². The highest BCUT2D eigenvalue weighted by molar-refractivity contribution is 9.10. The molecule has 1 atom stereocenters. The largest absolute Gasteiger partial charge is 0.335 e. The molecule has 2 fully saturated rings. The Morgan fingerprint density at radius 2 is 1.95 bits per heavy atom. The minimum absolute atomic E-state index is 0.147. The minimum Gasteiger partial charge on any atom is -0.335 e. The Hall–Kier alpha value is -0.540. The van der Waals surface area contributed by atoms with Crippen molar-refractivity contribution in [2.75, 3.05) is 6.54 Å². The number of likely N-dealkylation sites (tertiary alicyclic amines) is 1. The number of amides is 1. The molecule has 0 spiro atoms. The van der Waals surface area contributed by atoms with Crippen molar-refractivity contribution < 1.29 is 4.79 Å². The molecule has 20 heavy (non-hydrogen) atoms. The van der Waals surface area contributed by atoms with Crippen molar-refractivity contribution in [2.24, 2.45) is 5.92 Å². The lowest BCUT2D eigenvalue weighted by molar-refractivity contribution is 0.0689. The fourth-order valence-corrected chi connectivity index (χ4v) is 4.10. The standard InChI is InChI=1S/C16H19BrClNO/c17-13-8-7-12(10-14(13)18)16(20)19-9-3-6-15(19)11-4-1-2-5-11/h7-8,10-11,15H,1-6,9H2. The summed E-state index contributed by atoms with van der Waals surface area (Å²) < 4.78 is 0.837. The maximum Gasteiger partial charge on any atom is 0.254 e.